The van der Waals surface area contributed by atoms with Crippen LogP contribution in [-0.4, -0.2) is 19.5 Å². The largest absolute Gasteiger partial charge is 0.478 e. The van der Waals surface area contributed by atoms with Gasteiger partial charge in [0, 0.05) is 10.6 Å². The third kappa shape index (κ3) is 3.59. The Labute approximate surface area is 125 Å². The van der Waals surface area contributed by atoms with Crippen molar-refractivity contribution in [1.82, 2.24) is 0 Å². The fraction of sp³-hybridized carbons (Fsp3) is 0.0714. The van der Waals surface area contributed by atoms with E-state index in [9.17, 15) is 17.6 Å². The molecule has 0 radical (unpaired) electrons. The molecule has 7 heteroatoms. The molecular formula is C14H10ClFO4S. The van der Waals surface area contributed by atoms with Gasteiger partial charge >= 0.3 is 5.97 Å². The lowest BCUT2D eigenvalue weighted by Crippen LogP contribution is -2.08. The molecule has 0 amide bonds. The van der Waals surface area contributed by atoms with Crippen LogP contribution in [0.25, 0.3) is 0 Å². The highest BCUT2D eigenvalue weighted by Crippen LogP contribution is 2.21. The highest BCUT2D eigenvalue weighted by Gasteiger charge is 2.19. The van der Waals surface area contributed by atoms with Crippen LogP contribution < -0.4 is 0 Å². The van der Waals surface area contributed by atoms with Crippen LogP contribution in [0.4, 0.5) is 4.39 Å². The van der Waals surface area contributed by atoms with Gasteiger partial charge in [-0.25, -0.2) is 17.6 Å². The van der Waals surface area contributed by atoms with Gasteiger partial charge in [-0.15, -0.1) is 0 Å². The molecule has 0 saturated heterocycles. The summed E-state index contributed by atoms with van der Waals surface area (Å²) in [6.07, 6.45) is 0. The summed E-state index contributed by atoms with van der Waals surface area (Å²) >= 11 is 5.68. The van der Waals surface area contributed by atoms with E-state index in [1.54, 1.807) is 0 Å². The molecule has 0 atom stereocenters. The quantitative estimate of drug-likeness (QED) is 0.935. The first-order valence-electron chi connectivity index (χ1n) is 5.79. The summed E-state index contributed by atoms with van der Waals surface area (Å²) in [5, 5.41) is 9.24. The predicted octanol–water partition coefficient (Wildman–Crippen LogP) is 3.15. The van der Waals surface area contributed by atoms with Crippen molar-refractivity contribution < 1.29 is 22.7 Å². The van der Waals surface area contributed by atoms with Crippen molar-refractivity contribution in [2.24, 2.45) is 0 Å². The molecular weight excluding hydrogens is 319 g/mol. The first kappa shape index (κ1) is 15.5. The van der Waals surface area contributed by atoms with Gasteiger partial charge in [0.25, 0.3) is 0 Å². The summed E-state index contributed by atoms with van der Waals surface area (Å²) < 4.78 is 38.0. The molecule has 0 saturated carbocycles. The van der Waals surface area contributed by atoms with Gasteiger partial charge < -0.3 is 5.11 Å². The summed E-state index contributed by atoms with van der Waals surface area (Å²) in [5.74, 6) is -2.64. The Morgan fingerprint density at radius 3 is 2.33 bits per heavy atom. The minimum Gasteiger partial charge on any atom is -0.478 e. The van der Waals surface area contributed by atoms with Crippen molar-refractivity contribution in [1.29, 1.82) is 0 Å². The van der Waals surface area contributed by atoms with Crippen molar-refractivity contribution in [2.75, 3.05) is 0 Å². The molecule has 0 heterocycles. The third-order valence-corrected chi connectivity index (χ3v) is 4.74. The lowest BCUT2D eigenvalue weighted by Gasteiger charge is -2.07. The minimum atomic E-state index is -3.79. The summed E-state index contributed by atoms with van der Waals surface area (Å²) in [5.41, 5.74) is -0.359. The second kappa shape index (κ2) is 5.83. The maximum atomic E-state index is 13.7. The first-order chi connectivity index (χ1) is 9.79. The molecule has 0 aliphatic heterocycles. The SMILES string of the molecule is O=C(O)c1ccc(F)c(CS(=O)(=O)c2ccc(Cl)cc2)c1. The average Bonchev–Trinajstić information content (AvgIpc) is 2.41. The minimum absolute atomic E-state index is 0.00738. The van der Waals surface area contributed by atoms with E-state index in [-0.39, 0.29) is 16.0 Å². The number of hydrogen-bond donors (Lipinski definition) is 1. The zero-order valence-corrected chi connectivity index (χ0v) is 12.2. The predicted molar refractivity (Wildman–Crippen MR) is 75.7 cm³/mol. The van der Waals surface area contributed by atoms with Crippen molar-refractivity contribution >= 4 is 27.4 Å². The van der Waals surface area contributed by atoms with Crippen LogP contribution in [0.1, 0.15) is 15.9 Å². The topological polar surface area (TPSA) is 71.4 Å². The van der Waals surface area contributed by atoms with Crippen LogP contribution in [0.5, 0.6) is 0 Å². The Morgan fingerprint density at radius 2 is 1.76 bits per heavy atom. The molecule has 110 valence electrons. The molecule has 2 aromatic carbocycles. The van der Waals surface area contributed by atoms with E-state index in [0.29, 0.717) is 5.02 Å². The van der Waals surface area contributed by atoms with Gasteiger partial charge in [0.1, 0.15) is 5.82 Å². The van der Waals surface area contributed by atoms with Gasteiger partial charge in [-0.1, -0.05) is 11.6 Å². The van der Waals surface area contributed by atoms with Gasteiger partial charge in [0.15, 0.2) is 9.84 Å². The van der Waals surface area contributed by atoms with E-state index >= 15 is 0 Å². The molecule has 1 N–H and O–H groups in total. The smallest absolute Gasteiger partial charge is 0.335 e. The molecule has 0 unspecified atom stereocenters. The van der Waals surface area contributed by atoms with E-state index in [0.717, 1.165) is 18.2 Å². The Bertz CT molecular complexity index is 785. The molecule has 0 spiro atoms. The first-order valence-corrected chi connectivity index (χ1v) is 7.83. The fourth-order valence-electron chi connectivity index (χ4n) is 1.75. The average molecular weight is 329 g/mol. The van der Waals surface area contributed by atoms with Crippen LogP contribution in [0, 0.1) is 5.82 Å². The molecule has 2 aromatic rings. The molecule has 4 nitrogen and oxygen atoms in total. The Balaban J connectivity index is 2.38. The third-order valence-electron chi connectivity index (χ3n) is 2.81. The Kier molecular flexibility index (Phi) is 4.29. The standard InChI is InChI=1S/C14H10ClFO4S/c15-11-2-4-12(5-3-11)21(19,20)8-10-7-9(14(17)18)1-6-13(10)16/h1-7H,8H2,(H,17,18). The zero-order chi connectivity index (χ0) is 15.6. The summed E-state index contributed by atoms with van der Waals surface area (Å²) in [6.45, 7) is 0. The van der Waals surface area contributed by atoms with Gasteiger partial charge in [-0.2, -0.15) is 0 Å². The van der Waals surface area contributed by atoms with E-state index in [4.69, 9.17) is 16.7 Å². The van der Waals surface area contributed by atoms with Crippen LogP contribution in [0.2, 0.25) is 5.02 Å². The number of rotatable bonds is 4. The lowest BCUT2D eigenvalue weighted by atomic mass is 10.1. The summed E-state index contributed by atoms with van der Waals surface area (Å²) in [6, 6.07) is 8.50. The van der Waals surface area contributed by atoms with Crippen LogP contribution in [0.15, 0.2) is 47.4 Å². The highest BCUT2D eigenvalue weighted by molar-refractivity contribution is 7.90. The number of carboxylic acid groups (broad SMARTS) is 1. The number of carboxylic acids is 1. The molecule has 21 heavy (non-hydrogen) atoms. The fourth-order valence-corrected chi connectivity index (χ4v) is 3.22. The van der Waals surface area contributed by atoms with Crippen LogP contribution in [0.3, 0.4) is 0 Å². The number of sulfone groups is 1. The lowest BCUT2D eigenvalue weighted by molar-refractivity contribution is 0.0696. The molecule has 0 bridgehead atoms. The van der Waals surface area contributed by atoms with Crippen molar-refractivity contribution in [3.63, 3.8) is 0 Å². The Morgan fingerprint density at radius 1 is 1.14 bits per heavy atom. The highest BCUT2D eigenvalue weighted by atomic mass is 35.5. The van der Waals surface area contributed by atoms with Gasteiger partial charge in [-0.3, -0.25) is 0 Å². The maximum absolute atomic E-state index is 13.7. The number of hydrogen-bond acceptors (Lipinski definition) is 3. The monoisotopic (exact) mass is 328 g/mol. The van der Waals surface area contributed by atoms with Gasteiger partial charge in [0.2, 0.25) is 0 Å². The summed E-state index contributed by atoms with van der Waals surface area (Å²) in [4.78, 5) is 10.8. The second-order valence-corrected chi connectivity index (χ2v) is 6.75. The van der Waals surface area contributed by atoms with E-state index in [2.05, 4.69) is 0 Å². The molecule has 0 aliphatic rings. The molecule has 0 fully saturated rings. The summed E-state index contributed by atoms with van der Waals surface area (Å²) in [7, 11) is -3.79. The zero-order valence-electron chi connectivity index (χ0n) is 10.6. The van der Waals surface area contributed by atoms with Crippen molar-refractivity contribution in [3.05, 3.63) is 64.4 Å². The van der Waals surface area contributed by atoms with Crippen LogP contribution in [-0.2, 0) is 15.6 Å². The number of aromatic carboxylic acids is 1. The van der Waals surface area contributed by atoms with Gasteiger partial charge in [0.05, 0.1) is 16.2 Å². The van der Waals surface area contributed by atoms with Crippen molar-refractivity contribution in [2.45, 2.75) is 10.6 Å². The molecule has 2 rings (SSSR count). The Hall–Kier alpha value is -1.92. The van der Waals surface area contributed by atoms with E-state index in [1.165, 1.54) is 24.3 Å². The maximum Gasteiger partial charge on any atom is 0.335 e. The molecule has 0 aliphatic carbocycles. The van der Waals surface area contributed by atoms with E-state index < -0.39 is 27.4 Å². The van der Waals surface area contributed by atoms with Crippen molar-refractivity contribution in [3.8, 4) is 0 Å². The van der Waals surface area contributed by atoms with Crippen LogP contribution >= 0.6 is 11.6 Å². The second-order valence-electron chi connectivity index (χ2n) is 4.32. The molecule has 0 aromatic heterocycles. The van der Waals surface area contributed by atoms with Gasteiger partial charge in [-0.05, 0) is 42.5 Å². The van der Waals surface area contributed by atoms with E-state index in [1.807, 2.05) is 0 Å². The number of carbonyl (C=O) groups is 1. The normalized spacial score (nSPS) is 11.3. The number of halogens is 2. The number of benzene rings is 2.